The first-order chi connectivity index (χ1) is 32.5. The van der Waals surface area contributed by atoms with Crippen LogP contribution in [0.2, 0.25) is 0 Å². The van der Waals surface area contributed by atoms with Crippen LogP contribution in [0.3, 0.4) is 0 Å². The van der Waals surface area contributed by atoms with Gasteiger partial charge in [-0.1, -0.05) is 236 Å². The monoisotopic (exact) mass is 1060 g/mol. The molecule has 0 unspecified atom stereocenters. The standard InChI is InChI=1S/C65H95Si.3ClH.Ti/c1-7-13-19-26-34-54-44-55(35-27-20-14-8-2)48-63(47-54)66(62-43-42-61(53-62)60-40-32-25-33-41-60,64-49-56(36-28-21-15-9-3)45-57(50-64)37-29-22-16-10-4)65-51-58(38-30-23-17-11-5)46-59(52-65)39-31-24-18-12-6;;;;/h25,32-33,40-42,44-52H,7-24,26-31,34-39,43H2,1-6H3;3*1H;/q-1;;;;+4/p-3. The second-order valence-corrected chi connectivity index (χ2v) is 24.4. The smallest absolute Gasteiger partial charge is 1.00 e. The van der Waals surface area contributed by atoms with E-state index < -0.39 is 8.07 Å². The molecule has 1 aliphatic rings. The third kappa shape index (κ3) is 21.2. The van der Waals surface area contributed by atoms with Gasteiger partial charge in [-0.15, -0.1) is 22.9 Å². The van der Waals surface area contributed by atoms with Crippen molar-refractivity contribution in [1.82, 2.24) is 0 Å². The molecule has 0 spiro atoms. The van der Waals surface area contributed by atoms with Crippen LogP contribution in [0.4, 0.5) is 0 Å². The molecule has 0 bridgehead atoms. The number of rotatable bonds is 35. The summed E-state index contributed by atoms with van der Waals surface area (Å²) in [6.45, 7) is 14.1. The third-order valence-corrected chi connectivity index (χ3v) is 19.4. The van der Waals surface area contributed by atoms with E-state index in [4.69, 9.17) is 0 Å². The molecule has 0 aliphatic heterocycles. The summed E-state index contributed by atoms with van der Waals surface area (Å²) in [6, 6.07) is 35.8. The van der Waals surface area contributed by atoms with Crippen LogP contribution in [-0.4, -0.2) is 8.07 Å². The summed E-state index contributed by atoms with van der Waals surface area (Å²) < 4.78 is 0. The molecular formula is C65H95Cl3SiTi. The Kier molecular flexibility index (Phi) is 36.6. The Hall–Kier alpha value is -1.84. The van der Waals surface area contributed by atoms with Gasteiger partial charge < -0.3 is 37.2 Å². The maximum Gasteiger partial charge on any atom is 4.00 e. The van der Waals surface area contributed by atoms with Crippen molar-refractivity contribution < 1.29 is 58.9 Å². The molecule has 0 atom stereocenters. The zero-order valence-corrected chi connectivity index (χ0v) is 50.0. The number of hydrogen-bond donors (Lipinski definition) is 0. The fourth-order valence-electron chi connectivity index (χ4n) is 10.9. The zero-order valence-electron chi connectivity index (χ0n) is 45.2. The van der Waals surface area contributed by atoms with Gasteiger partial charge in [-0.2, -0.15) is 17.7 Å². The van der Waals surface area contributed by atoms with Crippen LogP contribution >= 0.6 is 0 Å². The van der Waals surface area contributed by atoms with Gasteiger partial charge in [0.1, 0.15) is 0 Å². The summed E-state index contributed by atoms with van der Waals surface area (Å²) in [4.78, 5) is 0. The van der Waals surface area contributed by atoms with E-state index in [1.165, 1.54) is 204 Å². The van der Waals surface area contributed by atoms with E-state index in [0.717, 1.165) is 6.42 Å². The van der Waals surface area contributed by atoms with Crippen molar-refractivity contribution >= 4 is 29.2 Å². The molecular weight excluding hydrogens is 963 g/mol. The number of unbranched alkanes of at least 4 members (excludes halogenated alkanes) is 18. The minimum Gasteiger partial charge on any atom is -1.00 e. The van der Waals surface area contributed by atoms with Crippen LogP contribution in [0.1, 0.15) is 241 Å². The predicted molar refractivity (Wildman–Crippen MR) is 297 cm³/mol. The molecule has 4 aromatic rings. The molecule has 0 aromatic heterocycles. The largest absolute Gasteiger partial charge is 4.00 e. The van der Waals surface area contributed by atoms with Gasteiger partial charge in [0.15, 0.2) is 8.07 Å². The van der Waals surface area contributed by atoms with Crippen molar-refractivity contribution in [2.45, 2.75) is 241 Å². The van der Waals surface area contributed by atoms with Crippen LogP contribution < -0.4 is 52.8 Å². The minimum absolute atomic E-state index is 0. The van der Waals surface area contributed by atoms with E-state index in [1.807, 2.05) is 0 Å². The zero-order chi connectivity index (χ0) is 46.7. The Morgan fingerprint density at radius 2 is 0.629 bits per heavy atom. The van der Waals surface area contributed by atoms with Crippen LogP contribution in [-0.2, 0) is 60.2 Å². The molecule has 0 heterocycles. The number of aryl methyl sites for hydroxylation is 6. The molecule has 0 fully saturated rings. The quantitative estimate of drug-likeness (QED) is 0.0188. The van der Waals surface area contributed by atoms with Gasteiger partial charge in [0.25, 0.3) is 0 Å². The van der Waals surface area contributed by atoms with Gasteiger partial charge in [-0.25, -0.2) is 0 Å². The molecule has 0 saturated heterocycles. The van der Waals surface area contributed by atoms with Gasteiger partial charge in [-0.3, -0.25) is 0 Å². The van der Waals surface area contributed by atoms with E-state index in [2.05, 4.69) is 139 Å². The fourth-order valence-corrected chi connectivity index (χ4v) is 16.1. The van der Waals surface area contributed by atoms with Crippen LogP contribution in [0, 0.1) is 6.08 Å². The van der Waals surface area contributed by atoms with Crippen molar-refractivity contribution in [2.75, 3.05) is 0 Å². The number of allylic oxidation sites excluding steroid dienone is 4. The van der Waals surface area contributed by atoms with E-state index in [1.54, 1.807) is 54.1 Å². The summed E-state index contributed by atoms with van der Waals surface area (Å²) in [5.41, 5.74) is 12.1. The first-order valence-electron chi connectivity index (χ1n) is 28.3. The maximum absolute atomic E-state index is 4.36. The van der Waals surface area contributed by atoms with Crippen LogP contribution in [0.15, 0.2) is 96.2 Å². The fraction of sp³-hybridized carbons (Fsp3) is 0.569. The average Bonchev–Trinajstić information content (AvgIpc) is 3.83. The molecule has 4 aromatic carbocycles. The normalized spacial score (nSPS) is 12.1. The average molecular weight is 1060 g/mol. The first-order valence-corrected chi connectivity index (χ1v) is 30.3. The van der Waals surface area contributed by atoms with Gasteiger partial charge in [0.05, 0.1) is 0 Å². The van der Waals surface area contributed by atoms with Crippen molar-refractivity contribution in [3.05, 3.63) is 141 Å². The van der Waals surface area contributed by atoms with Crippen LogP contribution in [0.5, 0.6) is 0 Å². The van der Waals surface area contributed by atoms with Crippen molar-refractivity contribution in [1.29, 1.82) is 0 Å². The minimum atomic E-state index is -2.93. The molecule has 0 nitrogen and oxygen atoms in total. The van der Waals surface area contributed by atoms with E-state index in [9.17, 15) is 0 Å². The number of halogens is 3. The molecule has 0 radical (unpaired) electrons. The Labute approximate surface area is 466 Å². The second kappa shape index (κ2) is 38.7. The topological polar surface area (TPSA) is 0 Å². The number of hydrogen-bond acceptors (Lipinski definition) is 0. The number of benzene rings is 4. The Morgan fingerprint density at radius 3 is 0.886 bits per heavy atom. The Morgan fingerprint density at radius 1 is 0.357 bits per heavy atom. The van der Waals surface area contributed by atoms with Gasteiger partial charge in [-0.05, 0) is 126 Å². The first kappa shape index (κ1) is 66.2. The summed E-state index contributed by atoms with van der Waals surface area (Å²) in [5.74, 6) is 0. The molecule has 1 aliphatic carbocycles. The summed E-state index contributed by atoms with van der Waals surface area (Å²) in [6.07, 6.45) is 46.2. The summed E-state index contributed by atoms with van der Waals surface area (Å²) in [7, 11) is -2.93. The van der Waals surface area contributed by atoms with Gasteiger partial charge in [0, 0.05) is 0 Å². The van der Waals surface area contributed by atoms with Crippen LogP contribution in [0.25, 0.3) is 5.57 Å². The molecule has 5 rings (SSSR count). The SMILES string of the molecule is CCCCCCc1cc(CCCCCC)cc([Si](C2=[C-]C(c3ccccc3)=CC2)(c2cc(CCCCCC)cc(CCCCCC)c2)c2cc(CCCCCC)cc(CCCCCC)c2)c1.[Cl-].[Cl-].[Cl-].[Ti+4]. The Bertz CT molecular complexity index is 1770. The summed E-state index contributed by atoms with van der Waals surface area (Å²) in [5, 5.41) is 6.46. The molecule has 384 valence electrons. The van der Waals surface area contributed by atoms with Crippen molar-refractivity contribution in [2.24, 2.45) is 0 Å². The molecule has 70 heavy (non-hydrogen) atoms. The molecule has 0 N–H and O–H groups in total. The predicted octanol–water partition coefficient (Wildman–Crippen LogP) is 8.66. The second-order valence-electron chi connectivity index (χ2n) is 20.5. The van der Waals surface area contributed by atoms with Gasteiger partial charge >= 0.3 is 21.7 Å². The van der Waals surface area contributed by atoms with E-state index in [0.29, 0.717) is 0 Å². The van der Waals surface area contributed by atoms with E-state index >= 15 is 0 Å². The van der Waals surface area contributed by atoms with Crippen molar-refractivity contribution in [3.63, 3.8) is 0 Å². The Balaban J connectivity index is 0.00000612. The molecule has 5 heteroatoms. The summed E-state index contributed by atoms with van der Waals surface area (Å²) >= 11 is 0. The van der Waals surface area contributed by atoms with Crippen molar-refractivity contribution in [3.8, 4) is 0 Å². The maximum atomic E-state index is 4.36. The van der Waals surface area contributed by atoms with E-state index in [-0.39, 0.29) is 58.9 Å². The molecule has 0 amide bonds. The van der Waals surface area contributed by atoms with Gasteiger partial charge in [0.2, 0.25) is 0 Å². The molecule has 0 saturated carbocycles. The third-order valence-electron chi connectivity index (χ3n) is 14.7.